The van der Waals surface area contributed by atoms with Crippen molar-refractivity contribution in [2.45, 2.75) is 59.3 Å². The molecule has 0 fully saturated rings. The first-order chi connectivity index (χ1) is 11.5. The molecule has 0 spiro atoms. The van der Waals surface area contributed by atoms with Gasteiger partial charge in [0.05, 0.1) is 0 Å². The summed E-state index contributed by atoms with van der Waals surface area (Å²) < 4.78 is 0. The molecule has 0 nitrogen and oxygen atoms in total. The van der Waals surface area contributed by atoms with Gasteiger partial charge >= 0.3 is 37.9 Å². The summed E-state index contributed by atoms with van der Waals surface area (Å²) in [4.78, 5) is 0. The van der Waals surface area contributed by atoms with Gasteiger partial charge in [0.25, 0.3) is 0 Å². The predicted octanol–water partition coefficient (Wildman–Crippen LogP) is 7.55. The monoisotopic (exact) mass is 451 g/mol. The van der Waals surface area contributed by atoms with Crippen LogP contribution in [-0.2, 0) is 31.7 Å². The summed E-state index contributed by atoms with van der Waals surface area (Å²) in [6.45, 7) is 15.9. The summed E-state index contributed by atoms with van der Waals surface area (Å²) in [5, 5.41) is 0. The zero-order valence-corrected chi connectivity index (χ0v) is 20.2. The summed E-state index contributed by atoms with van der Waals surface area (Å²) in [6, 6.07) is 11.7. The summed E-state index contributed by atoms with van der Waals surface area (Å²) in [7, 11) is 9.87. The van der Waals surface area contributed by atoms with E-state index in [0.717, 1.165) is 0 Å². The van der Waals surface area contributed by atoms with Gasteiger partial charge in [-0.15, -0.1) is 0 Å². The van der Waals surface area contributed by atoms with E-state index in [-0.39, 0.29) is 10.8 Å². The van der Waals surface area contributed by atoms with Gasteiger partial charge in [-0.3, -0.25) is 0 Å². The molecule has 0 saturated heterocycles. The zero-order chi connectivity index (χ0) is 19.0. The Morgan fingerprint density at radius 3 is 1.80 bits per heavy atom. The first-order valence-electron chi connectivity index (χ1n) is 8.60. The van der Waals surface area contributed by atoms with Gasteiger partial charge in [0.2, 0.25) is 0 Å². The second-order valence-electron chi connectivity index (χ2n) is 8.78. The van der Waals surface area contributed by atoms with Crippen molar-refractivity contribution in [1.82, 2.24) is 0 Å². The molecule has 0 aliphatic heterocycles. The van der Waals surface area contributed by atoms with Crippen LogP contribution in [0.5, 0.6) is 0 Å². The summed E-state index contributed by atoms with van der Waals surface area (Å²) >= 11 is -0.826. The number of fused-ring (bicyclic) bond motifs is 3. The van der Waals surface area contributed by atoms with Crippen LogP contribution >= 0.6 is 17.0 Å². The third-order valence-corrected chi connectivity index (χ3v) is 4.73. The van der Waals surface area contributed by atoms with Crippen LogP contribution in [0.2, 0.25) is 0 Å². The Kier molecular flexibility index (Phi) is 6.68. The van der Waals surface area contributed by atoms with Crippen LogP contribution in [0, 0.1) is 13.3 Å². The van der Waals surface area contributed by atoms with Gasteiger partial charge in [-0.05, 0) is 56.7 Å². The van der Waals surface area contributed by atoms with Crippen molar-refractivity contribution in [3.05, 3.63) is 64.6 Å². The molecule has 0 aromatic heterocycles. The Labute approximate surface area is 172 Å². The number of rotatable bonds is 0. The van der Waals surface area contributed by atoms with Gasteiger partial charge in [-0.25, -0.2) is 0 Å². The second kappa shape index (κ2) is 7.87. The number of hydrogen-bond acceptors (Lipinski definition) is 0. The van der Waals surface area contributed by atoms with E-state index in [9.17, 15) is 0 Å². The molecule has 1 radical (unpaired) electrons. The molecular formula is C22H27Cl2Zr. The maximum atomic E-state index is 4.93. The quantitative estimate of drug-likeness (QED) is 0.330. The topological polar surface area (TPSA) is 0 Å². The minimum absolute atomic E-state index is 0.193. The summed E-state index contributed by atoms with van der Waals surface area (Å²) in [5.74, 6) is 0. The van der Waals surface area contributed by atoms with Crippen LogP contribution in [0.25, 0.3) is 11.1 Å². The predicted molar refractivity (Wildman–Crippen MR) is 108 cm³/mol. The van der Waals surface area contributed by atoms with E-state index in [2.05, 4.69) is 85.2 Å². The van der Waals surface area contributed by atoms with Crippen LogP contribution in [0.4, 0.5) is 0 Å². The molecule has 1 aliphatic carbocycles. The van der Waals surface area contributed by atoms with Crippen LogP contribution in [0.15, 0.2) is 30.3 Å². The van der Waals surface area contributed by atoms with E-state index in [1.54, 1.807) is 0 Å². The van der Waals surface area contributed by atoms with E-state index in [1.807, 2.05) is 0 Å². The van der Waals surface area contributed by atoms with Crippen molar-refractivity contribution in [3.8, 4) is 11.1 Å². The number of hydrogen-bond donors (Lipinski definition) is 0. The van der Waals surface area contributed by atoms with Crippen molar-refractivity contribution in [1.29, 1.82) is 0 Å². The van der Waals surface area contributed by atoms with Gasteiger partial charge in [0.1, 0.15) is 0 Å². The van der Waals surface area contributed by atoms with Crippen molar-refractivity contribution >= 4 is 17.0 Å². The van der Waals surface area contributed by atoms with Crippen molar-refractivity contribution in [2.24, 2.45) is 0 Å². The molecule has 0 amide bonds. The van der Waals surface area contributed by atoms with E-state index in [4.69, 9.17) is 17.0 Å². The molecule has 3 rings (SSSR count). The summed E-state index contributed by atoms with van der Waals surface area (Å²) in [5.41, 5.74) is 10.2. The average molecular weight is 454 g/mol. The van der Waals surface area contributed by atoms with Crippen LogP contribution in [0.1, 0.15) is 69.4 Å². The molecule has 2 aromatic rings. The fraction of sp³-hybridized carbons (Fsp3) is 0.409. The molecular weight excluding hydrogens is 426 g/mol. The van der Waals surface area contributed by atoms with Gasteiger partial charge in [0.15, 0.2) is 0 Å². The zero-order valence-electron chi connectivity index (χ0n) is 16.2. The Balaban J connectivity index is 0.000000701. The van der Waals surface area contributed by atoms with Gasteiger partial charge in [0, 0.05) is 6.42 Å². The van der Waals surface area contributed by atoms with Gasteiger partial charge in [-0.1, -0.05) is 71.9 Å². The first-order valence-corrected chi connectivity index (χ1v) is 14.9. The van der Waals surface area contributed by atoms with Crippen molar-refractivity contribution in [3.63, 3.8) is 0 Å². The van der Waals surface area contributed by atoms with E-state index in [1.165, 1.54) is 38.9 Å². The van der Waals surface area contributed by atoms with Gasteiger partial charge < -0.3 is 0 Å². The molecule has 0 saturated carbocycles. The Bertz CT molecular complexity index is 765. The van der Waals surface area contributed by atoms with E-state index < -0.39 is 20.8 Å². The molecule has 0 atom stereocenters. The molecule has 0 heterocycles. The molecule has 0 unspecified atom stereocenters. The normalized spacial score (nSPS) is 12.8. The number of benzene rings is 2. The number of halogens is 2. The number of aryl methyl sites for hydroxylation is 1. The second-order valence-corrected chi connectivity index (χ2v) is 12.5. The Hall–Kier alpha value is -0.0969. The van der Waals surface area contributed by atoms with Gasteiger partial charge in [-0.2, -0.15) is 0 Å². The van der Waals surface area contributed by atoms with Crippen LogP contribution < -0.4 is 0 Å². The first kappa shape index (κ1) is 21.2. The van der Waals surface area contributed by atoms with Crippen molar-refractivity contribution < 1.29 is 20.8 Å². The fourth-order valence-corrected chi connectivity index (χ4v) is 3.27. The van der Waals surface area contributed by atoms with Crippen molar-refractivity contribution in [2.75, 3.05) is 0 Å². The molecule has 0 bridgehead atoms. The minimum atomic E-state index is -0.826. The third kappa shape index (κ3) is 4.80. The third-order valence-electron chi connectivity index (χ3n) is 4.73. The average Bonchev–Trinajstić information content (AvgIpc) is 2.84. The maximum absolute atomic E-state index is 4.93. The molecule has 1 aliphatic rings. The standard InChI is InChI=1S/C22H27.2ClH.Zr/c1-14-10-18(22(5,6)7)13-16-11-15-12-17(21(2,3)4)8-9-19(15)20(14)16;;;/h8-13H,1-7H3;2*1H;/q;;;+2/p-2. The Morgan fingerprint density at radius 1 is 0.760 bits per heavy atom. The van der Waals surface area contributed by atoms with E-state index in [0.29, 0.717) is 0 Å². The van der Waals surface area contributed by atoms with E-state index >= 15 is 0 Å². The Morgan fingerprint density at radius 2 is 1.28 bits per heavy atom. The SMILES string of the molecule is Cc1cc(C(C)(C)C)cc2c1-c1ccc(C(C)(C)C)cc1[CH]2.[Cl][Zr][Cl]. The van der Waals surface area contributed by atoms with Crippen LogP contribution in [-0.4, -0.2) is 0 Å². The molecule has 0 N–H and O–H groups in total. The molecule has 133 valence electrons. The molecule has 2 aromatic carbocycles. The molecule has 25 heavy (non-hydrogen) atoms. The molecule has 3 heteroatoms. The summed E-state index contributed by atoms with van der Waals surface area (Å²) in [6.07, 6.45) is 2.36. The van der Waals surface area contributed by atoms with Crippen LogP contribution in [0.3, 0.4) is 0 Å². The fourth-order valence-electron chi connectivity index (χ4n) is 3.27.